The standard InChI is InChI=1S/C13H28N2O2/c1-11(2)8-12(3)14-9-13(16)10-15-4-6-17-7-5-15/h11-14,16H,4-10H2,1-3H3. The molecule has 0 aromatic heterocycles. The fraction of sp³-hybridized carbons (Fsp3) is 1.00. The van der Waals surface area contributed by atoms with Gasteiger partial charge in [-0.3, -0.25) is 4.90 Å². The van der Waals surface area contributed by atoms with Crippen LogP contribution in [0.4, 0.5) is 0 Å². The average molecular weight is 244 g/mol. The van der Waals surface area contributed by atoms with Crippen molar-refractivity contribution < 1.29 is 9.84 Å². The summed E-state index contributed by atoms with van der Waals surface area (Å²) in [7, 11) is 0. The third-order valence-electron chi connectivity index (χ3n) is 3.10. The summed E-state index contributed by atoms with van der Waals surface area (Å²) in [6, 6.07) is 0.481. The molecule has 0 amide bonds. The van der Waals surface area contributed by atoms with E-state index in [1.807, 2.05) is 0 Å². The molecule has 2 unspecified atom stereocenters. The Labute approximate surface area is 105 Å². The Morgan fingerprint density at radius 1 is 1.24 bits per heavy atom. The van der Waals surface area contributed by atoms with E-state index in [0.29, 0.717) is 18.5 Å². The van der Waals surface area contributed by atoms with Crippen LogP contribution in [0.5, 0.6) is 0 Å². The molecule has 0 aliphatic carbocycles. The number of rotatable bonds is 7. The molecule has 1 saturated heterocycles. The molecule has 1 fully saturated rings. The third-order valence-corrected chi connectivity index (χ3v) is 3.10. The van der Waals surface area contributed by atoms with Crippen LogP contribution in [0.25, 0.3) is 0 Å². The molecule has 0 saturated carbocycles. The molecule has 1 heterocycles. The van der Waals surface area contributed by atoms with Gasteiger partial charge in [0.05, 0.1) is 19.3 Å². The van der Waals surface area contributed by atoms with Gasteiger partial charge in [-0.15, -0.1) is 0 Å². The van der Waals surface area contributed by atoms with Gasteiger partial charge in [-0.1, -0.05) is 13.8 Å². The Morgan fingerprint density at radius 2 is 1.88 bits per heavy atom. The molecule has 2 N–H and O–H groups in total. The molecule has 1 rings (SSSR count). The van der Waals surface area contributed by atoms with Gasteiger partial charge < -0.3 is 15.2 Å². The first kappa shape index (κ1) is 14.9. The molecule has 4 heteroatoms. The molecule has 2 atom stereocenters. The fourth-order valence-corrected chi connectivity index (χ4v) is 2.27. The Bertz CT molecular complexity index is 194. The van der Waals surface area contributed by atoms with E-state index in [1.165, 1.54) is 0 Å². The van der Waals surface area contributed by atoms with Gasteiger partial charge in [-0.2, -0.15) is 0 Å². The number of nitrogens with zero attached hydrogens (tertiary/aromatic N) is 1. The zero-order valence-electron chi connectivity index (χ0n) is 11.5. The van der Waals surface area contributed by atoms with Gasteiger partial charge >= 0.3 is 0 Å². The zero-order valence-corrected chi connectivity index (χ0v) is 11.5. The summed E-state index contributed by atoms with van der Waals surface area (Å²) in [5, 5.41) is 13.3. The number of morpholine rings is 1. The lowest BCUT2D eigenvalue weighted by Gasteiger charge is -2.29. The van der Waals surface area contributed by atoms with Gasteiger partial charge in [0.15, 0.2) is 0 Å². The van der Waals surface area contributed by atoms with Crippen molar-refractivity contribution in [1.82, 2.24) is 10.2 Å². The second-order valence-corrected chi connectivity index (χ2v) is 5.51. The van der Waals surface area contributed by atoms with Crippen LogP contribution in [-0.4, -0.2) is 61.5 Å². The van der Waals surface area contributed by atoms with Gasteiger partial charge in [0, 0.05) is 32.2 Å². The SMILES string of the molecule is CC(C)CC(C)NCC(O)CN1CCOCC1. The van der Waals surface area contributed by atoms with Crippen LogP contribution in [0.3, 0.4) is 0 Å². The summed E-state index contributed by atoms with van der Waals surface area (Å²) in [6.07, 6.45) is 0.882. The van der Waals surface area contributed by atoms with E-state index in [2.05, 4.69) is 31.0 Å². The molecule has 0 radical (unpaired) electrons. The second kappa shape index (κ2) is 8.03. The molecule has 1 aliphatic rings. The monoisotopic (exact) mass is 244 g/mol. The highest BCUT2D eigenvalue weighted by atomic mass is 16.5. The van der Waals surface area contributed by atoms with Crippen LogP contribution in [0, 0.1) is 5.92 Å². The van der Waals surface area contributed by atoms with Gasteiger partial charge in [0.2, 0.25) is 0 Å². The smallest absolute Gasteiger partial charge is 0.0791 e. The summed E-state index contributed by atoms with van der Waals surface area (Å²) in [6.45, 7) is 11.5. The molecule has 0 aromatic rings. The largest absolute Gasteiger partial charge is 0.390 e. The van der Waals surface area contributed by atoms with Crippen molar-refractivity contribution in [2.24, 2.45) is 5.92 Å². The third kappa shape index (κ3) is 6.99. The van der Waals surface area contributed by atoms with Gasteiger partial charge in [0.1, 0.15) is 0 Å². The summed E-state index contributed by atoms with van der Waals surface area (Å²) in [5.74, 6) is 0.703. The number of aliphatic hydroxyl groups excluding tert-OH is 1. The highest BCUT2D eigenvalue weighted by Crippen LogP contribution is 2.04. The predicted octanol–water partition coefficient (Wildman–Crippen LogP) is 0.704. The van der Waals surface area contributed by atoms with E-state index in [1.54, 1.807) is 0 Å². The lowest BCUT2D eigenvalue weighted by Crippen LogP contribution is -2.45. The molecule has 102 valence electrons. The van der Waals surface area contributed by atoms with E-state index in [-0.39, 0.29) is 6.10 Å². The summed E-state index contributed by atoms with van der Waals surface area (Å²) < 4.78 is 5.28. The van der Waals surface area contributed by atoms with Crippen molar-refractivity contribution in [1.29, 1.82) is 0 Å². The van der Waals surface area contributed by atoms with Crippen molar-refractivity contribution in [2.45, 2.75) is 39.3 Å². The summed E-state index contributed by atoms with van der Waals surface area (Å²) in [5.41, 5.74) is 0. The lowest BCUT2D eigenvalue weighted by atomic mass is 10.1. The first-order valence-electron chi connectivity index (χ1n) is 6.79. The van der Waals surface area contributed by atoms with Gasteiger partial charge in [0.25, 0.3) is 0 Å². The second-order valence-electron chi connectivity index (χ2n) is 5.51. The predicted molar refractivity (Wildman–Crippen MR) is 70.2 cm³/mol. The number of aliphatic hydroxyl groups is 1. The van der Waals surface area contributed by atoms with Crippen molar-refractivity contribution in [3.05, 3.63) is 0 Å². The quantitative estimate of drug-likeness (QED) is 0.692. The number of hydrogen-bond acceptors (Lipinski definition) is 4. The minimum atomic E-state index is -0.275. The number of ether oxygens (including phenoxy) is 1. The first-order chi connectivity index (χ1) is 8.08. The van der Waals surface area contributed by atoms with Crippen LogP contribution in [0.1, 0.15) is 27.2 Å². The highest BCUT2D eigenvalue weighted by Gasteiger charge is 2.15. The normalized spacial score (nSPS) is 21.7. The maximum atomic E-state index is 9.94. The molecule has 0 aromatic carbocycles. The van der Waals surface area contributed by atoms with Crippen molar-refractivity contribution >= 4 is 0 Å². The van der Waals surface area contributed by atoms with Gasteiger partial charge in [-0.25, -0.2) is 0 Å². The molecular weight excluding hydrogens is 216 g/mol. The van der Waals surface area contributed by atoms with E-state index < -0.39 is 0 Å². The fourth-order valence-electron chi connectivity index (χ4n) is 2.27. The van der Waals surface area contributed by atoms with E-state index in [0.717, 1.165) is 39.3 Å². The zero-order chi connectivity index (χ0) is 12.7. The molecule has 17 heavy (non-hydrogen) atoms. The van der Waals surface area contributed by atoms with Crippen LogP contribution < -0.4 is 5.32 Å². The molecular formula is C13H28N2O2. The van der Waals surface area contributed by atoms with Crippen LogP contribution in [0.15, 0.2) is 0 Å². The minimum absolute atomic E-state index is 0.275. The molecule has 0 spiro atoms. The average Bonchev–Trinajstić information content (AvgIpc) is 2.27. The summed E-state index contributed by atoms with van der Waals surface area (Å²) >= 11 is 0. The number of β-amino-alcohol motifs (C(OH)–C–C–N with tert-alkyl or cyclic N) is 1. The van der Waals surface area contributed by atoms with Crippen molar-refractivity contribution in [3.8, 4) is 0 Å². The molecule has 0 bridgehead atoms. The Kier molecular flexibility index (Phi) is 7.04. The number of nitrogens with one attached hydrogen (secondary N) is 1. The lowest BCUT2D eigenvalue weighted by molar-refractivity contribution is 0.0144. The van der Waals surface area contributed by atoms with Crippen LogP contribution >= 0.6 is 0 Å². The minimum Gasteiger partial charge on any atom is -0.390 e. The number of hydrogen-bond donors (Lipinski definition) is 2. The Balaban J connectivity index is 2.09. The van der Waals surface area contributed by atoms with Crippen molar-refractivity contribution in [3.63, 3.8) is 0 Å². The van der Waals surface area contributed by atoms with E-state index in [9.17, 15) is 5.11 Å². The van der Waals surface area contributed by atoms with Crippen molar-refractivity contribution in [2.75, 3.05) is 39.4 Å². The molecule has 1 aliphatic heterocycles. The summed E-state index contributed by atoms with van der Waals surface area (Å²) in [4.78, 5) is 2.27. The molecule has 4 nitrogen and oxygen atoms in total. The topological polar surface area (TPSA) is 44.7 Å². The van der Waals surface area contributed by atoms with Crippen LogP contribution in [0.2, 0.25) is 0 Å². The first-order valence-corrected chi connectivity index (χ1v) is 6.79. The van der Waals surface area contributed by atoms with E-state index >= 15 is 0 Å². The highest BCUT2D eigenvalue weighted by molar-refractivity contribution is 4.71. The van der Waals surface area contributed by atoms with Gasteiger partial charge in [-0.05, 0) is 19.3 Å². The maximum Gasteiger partial charge on any atom is 0.0791 e. The van der Waals surface area contributed by atoms with Crippen LogP contribution in [-0.2, 0) is 4.74 Å². The van der Waals surface area contributed by atoms with E-state index in [4.69, 9.17) is 4.74 Å². The maximum absolute atomic E-state index is 9.94. The Morgan fingerprint density at radius 3 is 2.47 bits per heavy atom. The Hall–Kier alpha value is -0.160.